The maximum atomic E-state index is 9.24. The van der Waals surface area contributed by atoms with E-state index in [-0.39, 0.29) is 5.21 Å². The lowest BCUT2D eigenvalue weighted by molar-refractivity contribution is 0.542. The molecule has 0 aliphatic carbocycles. The highest BCUT2D eigenvalue weighted by atomic mass is 35.5. The Kier molecular flexibility index (Phi) is 2.84. The maximum absolute atomic E-state index is 9.24. The van der Waals surface area contributed by atoms with E-state index in [2.05, 4.69) is 0 Å². The Labute approximate surface area is 37.4 Å². The summed E-state index contributed by atoms with van der Waals surface area (Å²) in [6.07, 6.45) is 0. The van der Waals surface area contributed by atoms with Crippen LogP contribution >= 0.6 is 11.6 Å². The van der Waals surface area contributed by atoms with Crippen molar-refractivity contribution in [2.24, 2.45) is 0 Å². The van der Waals surface area contributed by atoms with Crippen LogP contribution in [0, 0.1) is 0 Å². The van der Waals surface area contributed by atoms with E-state index in [4.69, 9.17) is 11.6 Å². The van der Waals surface area contributed by atoms with Gasteiger partial charge in [-0.15, -0.1) is 11.6 Å². The molecule has 0 saturated carbocycles. The van der Waals surface area contributed by atoms with Gasteiger partial charge < -0.3 is 4.55 Å². The largest absolute Gasteiger partial charge is 0.771 e. The van der Waals surface area contributed by atoms with Crippen molar-refractivity contribution in [1.82, 2.24) is 0 Å². The topological polar surface area (TPSA) is 40.1 Å². The number of hydrogen-bond acceptors (Lipinski definition) is 2. The minimum absolute atomic E-state index is 0.306. The lowest BCUT2D eigenvalue weighted by Crippen LogP contribution is -1.82. The molecule has 0 aliphatic heterocycles. The van der Waals surface area contributed by atoms with E-state index in [9.17, 15) is 8.76 Å². The molecule has 0 aromatic heterocycles. The van der Waals surface area contributed by atoms with Crippen molar-refractivity contribution in [3.63, 3.8) is 0 Å². The zero-order valence-electron chi connectivity index (χ0n) is 2.31. The maximum Gasteiger partial charge on any atom is 0.0847 e. The van der Waals surface area contributed by atoms with Gasteiger partial charge in [0.25, 0.3) is 0 Å². The first-order chi connectivity index (χ1) is 2.27. The Balaban J connectivity index is 2.85. The number of rotatable bonds is 1. The SMILES string of the molecule is O=S([O-])CCl. The van der Waals surface area contributed by atoms with Crippen LogP contribution in [0.5, 0.6) is 0 Å². The van der Waals surface area contributed by atoms with Gasteiger partial charge in [-0.05, 0) is 11.1 Å². The summed E-state index contributed by atoms with van der Waals surface area (Å²) in [4.78, 5) is 0. The molecule has 1 unspecified atom stereocenters. The summed E-state index contributed by atoms with van der Waals surface area (Å²) >= 11 is 2.67. The third-order valence-corrected chi connectivity index (χ3v) is 0.802. The molecule has 0 spiro atoms. The number of alkyl halides is 1. The van der Waals surface area contributed by atoms with Crippen molar-refractivity contribution < 1.29 is 8.76 Å². The first kappa shape index (κ1) is 5.40. The highest BCUT2D eigenvalue weighted by Crippen LogP contribution is 1.74. The van der Waals surface area contributed by atoms with Crippen LogP contribution in [0.1, 0.15) is 0 Å². The molecule has 0 heterocycles. The second-order valence-electron chi connectivity index (χ2n) is 0.413. The second-order valence-corrected chi connectivity index (χ2v) is 1.89. The molecule has 5 heavy (non-hydrogen) atoms. The minimum atomic E-state index is -2.06. The van der Waals surface area contributed by atoms with Crippen LogP contribution < -0.4 is 0 Å². The van der Waals surface area contributed by atoms with E-state index in [1.807, 2.05) is 0 Å². The smallest absolute Gasteiger partial charge is 0.0847 e. The van der Waals surface area contributed by atoms with Gasteiger partial charge in [0.2, 0.25) is 0 Å². The third kappa shape index (κ3) is 4.40. The van der Waals surface area contributed by atoms with Crippen LogP contribution in [-0.2, 0) is 11.1 Å². The Morgan fingerprint density at radius 2 is 2.20 bits per heavy atom. The van der Waals surface area contributed by atoms with Crippen LogP contribution in [0.4, 0.5) is 0 Å². The van der Waals surface area contributed by atoms with Gasteiger partial charge in [0.15, 0.2) is 0 Å². The Hall–Kier alpha value is 0.400. The van der Waals surface area contributed by atoms with Gasteiger partial charge in [0.1, 0.15) is 0 Å². The number of halogens is 1. The monoisotopic (exact) mass is 113 g/mol. The molecule has 0 aromatic rings. The van der Waals surface area contributed by atoms with Gasteiger partial charge in [0.05, 0.1) is 5.21 Å². The summed E-state index contributed by atoms with van der Waals surface area (Å²) in [5.41, 5.74) is 0. The molecule has 2 nitrogen and oxygen atoms in total. The van der Waals surface area contributed by atoms with Gasteiger partial charge in [0, 0.05) is 0 Å². The Morgan fingerprint density at radius 1 is 2.00 bits per heavy atom. The predicted octanol–water partition coefficient (Wildman–Crippen LogP) is 0.0618. The molecule has 32 valence electrons. The molecule has 0 aliphatic rings. The van der Waals surface area contributed by atoms with Gasteiger partial charge in [-0.1, -0.05) is 0 Å². The standard InChI is InChI=1S/CH3ClO2S/c2-1-5(3)4/h1H2,(H,3,4)/p-1. The zero-order chi connectivity index (χ0) is 4.28. The first-order valence-electron chi connectivity index (χ1n) is 0.889. The lowest BCUT2D eigenvalue weighted by Gasteiger charge is -1.91. The van der Waals surface area contributed by atoms with E-state index in [0.717, 1.165) is 0 Å². The molecular formula is CH2ClO2S-. The fourth-order valence-electron chi connectivity index (χ4n) is 0. The summed E-state index contributed by atoms with van der Waals surface area (Å²) in [5.74, 6) is 0. The van der Waals surface area contributed by atoms with Gasteiger partial charge in [-0.25, -0.2) is 0 Å². The molecule has 1 atom stereocenters. The molecule has 0 fully saturated rings. The molecule has 0 bridgehead atoms. The average molecular weight is 114 g/mol. The molecule has 0 radical (unpaired) electrons. The zero-order valence-corrected chi connectivity index (χ0v) is 3.88. The second kappa shape index (κ2) is 2.63. The fourth-order valence-corrected chi connectivity index (χ4v) is 0. The summed E-state index contributed by atoms with van der Waals surface area (Å²) in [5, 5.41) is -0.306. The van der Waals surface area contributed by atoms with Gasteiger partial charge in [-0.2, -0.15) is 0 Å². The highest BCUT2D eigenvalue weighted by Gasteiger charge is 1.65. The average Bonchev–Trinajstić information content (AvgIpc) is 1.38. The normalized spacial score (nSPS) is 14.8. The van der Waals surface area contributed by atoms with E-state index >= 15 is 0 Å². The third-order valence-electron chi connectivity index (χ3n) is 0.0891. The Morgan fingerprint density at radius 3 is 2.20 bits per heavy atom. The summed E-state index contributed by atoms with van der Waals surface area (Å²) in [6, 6.07) is 0. The molecular weight excluding hydrogens is 112 g/mol. The molecule has 0 rings (SSSR count). The molecule has 0 aromatic carbocycles. The van der Waals surface area contributed by atoms with E-state index < -0.39 is 11.1 Å². The van der Waals surface area contributed by atoms with Crippen LogP contribution in [0.3, 0.4) is 0 Å². The fraction of sp³-hybridized carbons (Fsp3) is 1.00. The van der Waals surface area contributed by atoms with E-state index in [1.165, 1.54) is 0 Å². The van der Waals surface area contributed by atoms with Gasteiger partial charge in [-0.3, -0.25) is 4.21 Å². The van der Waals surface area contributed by atoms with Crippen LogP contribution in [0.25, 0.3) is 0 Å². The van der Waals surface area contributed by atoms with Crippen LogP contribution in [0.2, 0.25) is 0 Å². The van der Waals surface area contributed by atoms with Crippen molar-refractivity contribution >= 4 is 22.7 Å². The van der Waals surface area contributed by atoms with E-state index in [1.54, 1.807) is 0 Å². The van der Waals surface area contributed by atoms with Crippen molar-refractivity contribution in [3.8, 4) is 0 Å². The van der Waals surface area contributed by atoms with Gasteiger partial charge >= 0.3 is 0 Å². The molecule has 0 saturated heterocycles. The van der Waals surface area contributed by atoms with Crippen LogP contribution in [0.15, 0.2) is 0 Å². The van der Waals surface area contributed by atoms with Crippen LogP contribution in [-0.4, -0.2) is 14.0 Å². The van der Waals surface area contributed by atoms with Crippen molar-refractivity contribution in [3.05, 3.63) is 0 Å². The van der Waals surface area contributed by atoms with Crippen molar-refractivity contribution in [2.45, 2.75) is 0 Å². The molecule has 4 heteroatoms. The van der Waals surface area contributed by atoms with Crippen molar-refractivity contribution in [2.75, 3.05) is 5.21 Å². The summed E-state index contributed by atoms with van der Waals surface area (Å²) in [7, 11) is 0. The minimum Gasteiger partial charge on any atom is -0.771 e. The summed E-state index contributed by atoms with van der Waals surface area (Å²) < 4.78 is 18.5. The highest BCUT2D eigenvalue weighted by molar-refractivity contribution is 7.80. The molecule has 0 amide bonds. The van der Waals surface area contributed by atoms with Crippen molar-refractivity contribution in [1.29, 1.82) is 0 Å². The van der Waals surface area contributed by atoms with E-state index in [0.29, 0.717) is 0 Å². The summed E-state index contributed by atoms with van der Waals surface area (Å²) in [6.45, 7) is 0. The molecule has 0 N–H and O–H groups in total. The quantitative estimate of drug-likeness (QED) is 0.357. The Bertz CT molecular complexity index is 44.9. The number of hydrogen-bond donors (Lipinski definition) is 0. The lowest BCUT2D eigenvalue weighted by atomic mass is 11.9. The first-order valence-corrected chi connectivity index (χ1v) is 2.67. The predicted molar refractivity (Wildman–Crippen MR) is 19.6 cm³/mol.